The number of pyridine rings is 1. The van der Waals surface area contributed by atoms with Crippen molar-refractivity contribution < 1.29 is 9.50 Å². The number of unbranched alkanes of at least 4 members (excludes halogenated alkanes) is 1. The monoisotopic (exact) mass is 447 g/mol. The molecule has 33 heavy (non-hydrogen) atoms. The predicted molar refractivity (Wildman–Crippen MR) is 131 cm³/mol. The molecule has 0 bridgehead atoms. The topological polar surface area (TPSA) is 77.9 Å². The molecular weight excluding hydrogens is 417 g/mol. The zero-order valence-electron chi connectivity index (χ0n) is 19.5. The molecule has 2 aromatic heterocycles. The number of halogens is 1. The number of nitrogens with one attached hydrogen (secondary N) is 1. The Labute approximate surface area is 194 Å². The van der Waals surface area contributed by atoms with Gasteiger partial charge in [-0.25, -0.2) is 9.37 Å². The first-order valence-electron chi connectivity index (χ1n) is 11.0. The molecule has 7 heteroatoms. The van der Waals surface area contributed by atoms with E-state index in [1.807, 2.05) is 25.1 Å². The summed E-state index contributed by atoms with van der Waals surface area (Å²) in [4.78, 5) is 11.1. The van der Waals surface area contributed by atoms with Gasteiger partial charge in [-0.05, 0) is 69.2 Å². The van der Waals surface area contributed by atoms with Gasteiger partial charge in [0.25, 0.3) is 0 Å². The molecule has 0 saturated heterocycles. The summed E-state index contributed by atoms with van der Waals surface area (Å²) in [6.07, 6.45) is 11.0. The lowest BCUT2D eigenvalue weighted by Crippen LogP contribution is -2.10. The lowest BCUT2D eigenvalue weighted by atomic mass is 10.1. The van der Waals surface area contributed by atoms with Crippen LogP contribution in [0.3, 0.4) is 0 Å². The maximum atomic E-state index is 13.1. The van der Waals surface area contributed by atoms with E-state index in [2.05, 4.69) is 59.3 Å². The standard InChI is InChI=1S/C26H30FN5O/c1-5-6-7-16-32(17-18(2)3)23-14-12-22(28-19(23)4)13-15-24-29-26(31-30-24)25(33)20-8-10-21(27)11-9-20/h7-17,25,33H,5-6H2,1-4H3,(H,29,30,31)/b15-13+,16-7+/t25-/m0/s1. The van der Waals surface area contributed by atoms with Crippen molar-refractivity contribution >= 4 is 17.8 Å². The molecule has 0 aliphatic carbocycles. The van der Waals surface area contributed by atoms with Gasteiger partial charge in [0.2, 0.25) is 0 Å². The summed E-state index contributed by atoms with van der Waals surface area (Å²) >= 11 is 0. The molecule has 0 radical (unpaired) electrons. The first-order chi connectivity index (χ1) is 15.9. The third kappa shape index (κ3) is 6.70. The third-order valence-electron chi connectivity index (χ3n) is 4.84. The Morgan fingerprint density at radius 1 is 1.12 bits per heavy atom. The molecule has 0 aliphatic rings. The second kappa shape index (κ2) is 11.3. The van der Waals surface area contributed by atoms with E-state index >= 15 is 0 Å². The lowest BCUT2D eigenvalue weighted by molar-refractivity contribution is 0.210. The van der Waals surface area contributed by atoms with Gasteiger partial charge in [-0.15, -0.1) is 0 Å². The maximum absolute atomic E-state index is 13.1. The molecule has 0 saturated carbocycles. The normalized spacial score (nSPS) is 12.4. The minimum Gasteiger partial charge on any atom is -0.380 e. The number of aromatic nitrogens is 4. The van der Waals surface area contributed by atoms with Crippen molar-refractivity contribution in [1.29, 1.82) is 0 Å². The molecule has 0 unspecified atom stereocenters. The van der Waals surface area contributed by atoms with Crippen LogP contribution in [0.2, 0.25) is 0 Å². The number of aliphatic hydroxyl groups excluding tert-OH is 1. The van der Waals surface area contributed by atoms with E-state index < -0.39 is 6.10 Å². The molecule has 3 rings (SSSR count). The number of allylic oxidation sites excluding steroid dienone is 2. The highest BCUT2D eigenvalue weighted by molar-refractivity contribution is 5.66. The van der Waals surface area contributed by atoms with E-state index in [-0.39, 0.29) is 11.6 Å². The lowest BCUT2D eigenvalue weighted by Gasteiger charge is -2.19. The van der Waals surface area contributed by atoms with Crippen molar-refractivity contribution in [2.45, 2.75) is 46.6 Å². The van der Waals surface area contributed by atoms with Crippen molar-refractivity contribution in [3.8, 4) is 0 Å². The number of benzene rings is 1. The molecule has 6 nitrogen and oxygen atoms in total. The van der Waals surface area contributed by atoms with Crippen molar-refractivity contribution in [2.75, 3.05) is 4.90 Å². The fourth-order valence-electron chi connectivity index (χ4n) is 3.21. The molecule has 0 amide bonds. The number of aryl methyl sites for hydroxylation is 1. The summed E-state index contributed by atoms with van der Waals surface area (Å²) in [6, 6.07) is 9.61. The summed E-state index contributed by atoms with van der Waals surface area (Å²) in [7, 11) is 0. The van der Waals surface area contributed by atoms with E-state index in [1.54, 1.807) is 6.08 Å². The number of nitrogens with zero attached hydrogens (tertiary/aromatic N) is 4. The summed E-state index contributed by atoms with van der Waals surface area (Å²) in [5, 5.41) is 17.3. The van der Waals surface area contributed by atoms with Crippen LogP contribution in [0.4, 0.5) is 10.1 Å². The summed E-state index contributed by atoms with van der Waals surface area (Å²) in [5.74, 6) is 0.349. The zero-order chi connectivity index (χ0) is 23.8. The Kier molecular flexibility index (Phi) is 8.27. The second-order valence-corrected chi connectivity index (χ2v) is 7.99. The Morgan fingerprint density at radius 3 is 2.55 bits per heavy atom. The minimum absolute atomic E-state index is 0.289. The average molecular weight is 448 g/mol. The van der Waals surface area contributed by atoms with Crippen LogP contribution in [-0.2, 0) is 0 Å². The zero-order valence-corrected chi connectivity index (χ0v) is 19.5. The fraction of sp³-hybridized carbons (Fsp3) is 0.269. The van der Waals surface area contributed by atoms with Gasteiger partial charge >= 0.3 is 0 Å². The van der Waals surface area contributed by atoms with Crippen LogP contribution >= 0.6 is 0 Å². The average Bonchev–Trinajstić information content (AvgIpc) is 3.26. The highest BCUT2D eigenvalue weighted by Crippen LogP contribution is 2.22. The van der Waals surface area contributed by atoms with Gasteiger partial charge in [0, 0.05) is 12.4 Å². The maximum Gasteiger partial charge on any atom is 0.174 e. The Balaban J connectivity index is 1.75. The van der Waals surface area contributed by atoms with E-state index in [1.165, 1.54) is 29.8 Å². The van der Waals surface area contributed by atoms with Crippen molar-refractivity contribution in [3.05, 3.63) is 94.9 Å². The first-order valence-corrected chi connectivity index (χ1v) is 11.0. The SMILES string of the molecule is CCC/C=C/N(C=C(C)C)c1ccc(/C=C/c2n[nH]c([C@@H](O)c3ccc(F)cc3)n2)nc1C. The number of hydrogen-bond donors (Lipinski definition) is 2. The van der Waals surface area contributed by atoms with E-state index in [0.717, 1.165) is 29.9 Å². The summed E-state index contributed by atoms with van der Waals surface area (Å²) in [6.45, 7) is 8.28. The van der Waals surface area contributed by atoms with Crippen LogP contribution in [0.25, 0.3) is 12.2 Å². The van der Waals surface area contributed by atoms with Crippen LogP contribution in [0.5, 0.6) is 0 Å². The van der Waals surface area contributed by atoms with Gasteiger partial charge in [-0.1, -0.05) is 37.1 Å². The Morgan fingerprint density at radius 2 is 1.88 bits per heavy atom. The molecule has 172 valence electrons. The number of rotatable bonds is 9. The quantitative estimate of drug-likeness (QED) is 0.424. The molecule has 1 atom stereocenters. The van der Waals surface area contributed by atoms with Gasteiger partial charge in [0.15, 0.2) is 11.6 Å². The summed E-state index contributed by atoms with van der Waals surface area (Å²) < 4.78 is 13.1. The van der Waals surface area contributed by atoms with E-state index in [9.17, 15) is 9.50 Å². The van der Waals surface area contributed by atoms with Crippen molar-refractivity contribution in [3.63, 3.8) is 0 Å². The molecule has 2 N–H and O–H groups in total. The van der Waals surface area contributed by atoms with Gasteiger partial charge in [-0.2, -0.15) is 5.10 Å². The predicted octanol–water partition coefficient (Wildman–Crippen LogP) is 5.94. The van der Waals surface area contributed by atoms with E-state index in [4.69, 9.17) is 4.98 Å². The number of aromatic amines is 1. The van der Waals surface area contributed by atoms with Gasteiger partial charge in [0.05, 0.1) is 17.1 Å². The summed E-state index contributed by atoms with van der Waals surface area (Å²) in [5.41, 5.74) is 4.42. The van der Waals surface area contributed by atoms with Crippen LogP contribution in [0.1, 0.15) is 68.3 Å². The number of hydrogen-bond acceptors (Lipinski definition) is 5. The number of anilines is 1. The van der Waals surface area contributed by atoms with Crippen LogP contribution in [0, 0.1) is 12.7 Å². The number of H-pyrrole nitrogens is 1. The molecule has 3 aromatic rings. The van der Waals surface area contributed by atoms with Crippen LogP contribution in [-0.4, -0.2) is 25.3 Å². The molecule has 0 fully saturated rings. The van der Waals surface area contributed by atoms with Gasteiger partial charge < -0.3 is 10.0 Å². The molecule has 1 aromatic carbocycles. The van der Waals surface area contributed by atoms with Gasteiger partial charge in [-0.3, -0.25) is 10.1 Å². The highest BCUT2D eigenvalue weighted by Gasteiger charge is 2.15. The third-order valence-corrected chi connectivity index (χ3v) is 4.84. The first kappa shape index (κ1) is 24.1. The van der Waals surface area contributed by atoms with Gasteiger partial charge in [0.1, 0.15) is 11.9 Å². The fourth-order valence-corrected chi connectivity index (χ4v) is 3.21. The number of aliphatic hydroxyl groups is 1. The second-order valence-electron chi connectivity index (χ2n) is 7.99. The van der Waals surface area contributed by atoms with Crippen LogP contribution in [0.15, 0.2) is 60.4 Å². The smallest absolute Gasteiger partial charge is 0.174 e. The Bertz CT molecular complexity index is 1140. The molecule has 0 aliphatic heterocycles. The van der Waals surface area contributed by atoms with Crippen molar-refractivity contribution in [1.82, 2.24) is 20.2 Å². The minimum atomic E-state index is -1.01. The largest absolute Gasteiger partial charge is 0.380 e. The Hall–Kier alpha value is -3.58. The van der Waals surface area contributed by atoms with Crippen LogP contribution < -0.4 is 4.90 Å². The molecular formula is C26H30FN5O. The molecule has 0 spiro atoms. The van der Waals surface area contributed by atoms with E-state index in [0.29, 0.717) is 11.4 Å². The highest BCUT2D eigenvalue weighted by atomic mass is 19.1. The van der Waals surface area contributed by atoms with Crippen molar-refractivity contribution in [2.24, 2.45) is 0 Å². The molecule has 2 heterocycles.